The van der Waals surface area contributed by atoms with Crippen molar-refractivity contribution in [2.75, 3.05) is 6.61 Å². The lowest BCUT2D eigenvalue weighted by atomic mass is 10.2. The van der Waals surface area contributed by atoms with Crippen LogP contribution in [0.15, 0.2) is 30.6 Å². The Labute approximate surface area is 125 Å². The van der Waals surface area contributed by atoms with Gasteiger partial charge in [0.15, 0.2) is 12.4 Å². The quantitative estimate of drug-likeness (QED) is 0.760. The maximum absolute atomic E-state index is 11.9. The van der Waals surface area contributed by atoms with E-state index in [2.05, 4.69) is 10.1 Å². The van der Waals surface area contributed by atoms with Gasteiger partial charge in [-0.2, -0.15) is 5.10 Å². The molecule has 22 heavy (non-hydrogen) atoms. The summed E-state index contributed by atoms with van der Waals surface area (Å²) in [6.45, 7) is 1.05. The fraction of sp³-hybridized carbons (Fsp3) is 0.154. The molecule has 0 aliphatic rings. The molecule has 0 spiro atoms. The van der Waals surface area contributed by atoms with Crippen molar-refractivity contribution in [2.24, 2.45) is 5.73 Å². The van der Waals surface area contributed by atoms with Crippen LogP contribution in [0.4, 0.5) is 4.79 Å². The van der Waals surface area contributed by atoms with Crippen LogP contribution in [0.1, 0.15) is 16.1 Å². The van der Waals surface area contributed by atoms with Crippen molar-refractivity contribution in [3.63, 3.8) is 0 Å². The van der Waals surface area contributed by atoms with E-state index in [0.29, 0.717) is 11.5 Å². The van der Waals surface area contributed by atoms with Gasteiger partial charge in [0.2, 0.25) is 0 Å². The molecule has 3 N–H and O–H groups in total. The molecule has 0 fully saturated rings. The Morgan fingerprint density at radius 3 is 2.77 bits per heavy atom. The van der Waals surface area contributed by atoms with Gasteiger partial charge < -0.3 is 10.5 Å². The minimum Gasteiger partial charge on any atom is -0.452 e. The molecular formula is C13H13N5O4. The molecule has 0 saturated carbocycles. The van der Waals surface area contributed by atoms with E-state index in [4.69, 9.17) is 10.5 Å². The van der Waals surface area contributed by atoms with Gasteiger partial charge >= 0.3 is 12.0 Å². The number of nitrogens with two attached hydrogens (primary N) is 1. The van der Waals surface area contributed by atoms with Gasteiger partial charge in [-0.1, -0.05) is 6.07 Å². The van der Waals surface area contributed by atoms with Crippen LogP contribution in [0.25, 0.3) is 5.82 Å². The highest BCUT2D eigenvalue weighted by atomic mass is 16.5. The zero-order valence-corrected chi connectivity index (χ0v) is 11.6. The maximum Gasteiger partial charge on any atom is 0.342 e. The highest BCUT2D eigenvalue weighted by Gasteiger charge is 2.18. The summed E-state index contributed by atoms with van der Waals surface area (Å²) in [5.74, 6) is -1.000. The van der Waals surface area contributed by atoms with E-state index in [1.165, 1.54) is 10.9 Å². The van der Waals surface area contributed by atoms with E-state index in [0.717, 1.165) is 0 Å². The summed E-state index contributed by atoms with van der Waals surface area (Å²) in [7, 11) is 0. The second kappa shape index (κ2) is 6.48. The second-order valence-electron chi connectivity index (χ2n) is 4.23. The summed E-state index contributed by atoms with van der Waals surface area (Å²) < 4.78 is 6.26. The molecule has 3 amide bonds. The van der Waals surface area contributed by atoms with Gasteiger partial charge in [0.05, 0.1) is 11.9 Å². The van der Waals surface area contributed by atoms with Crippen LogP contribution >= 0.6 is 0 Å². The third kappa shape index (κ3) is 3.45. The molecule has 0 saturated heterocycles. The van der Waals surface area contributed by atoms with Crippen LogP contribution in [-0.2, 0) is 9.53 Å². The van der Waals surface area contributed by atoms with Crippen molar-refractivity contribution in [1.82, 2.24) is 20.1 Å². The molecular weight excluding hydrogens is 290 g/mol. The lowest BCUT2D eigenvalue weighted by molar-refractivity contribution is -0.123. The molecule has 0 radical (unpaired) electrons. The van der Waals surface area contributed by atoms with Crippen molar-refractivity contribution in [3.05, 3.63) is 41.9 Å². The first kappa shape index (κ1) is 15.2. The summed E-state index contributed by atoms with van der Waals surface area (Å²) in [5.41, 5.74) is 5.48. The molecule has 114 valence electrons. The van der Waals surface area contributed by atoms with Crippen molar-refractivity contribution in [2.45, 2.75) is 6.92 Å². The molecule has 0 aromatic carbocycles. The molecule has 0 aliphatic heterocycles. The number of aromatic nitrogens is 3. The van der Waals surface area contributed by atoms with E-state index < -0.39 is 24.5 Å². The van der Waals surface area contributed by atoms with Crippen LogP contribution in [0, 0.1) is 6.92 Å². The number of ether oxygens (including phenoxy) is 1. The number of primary amides is 1. The Balaban J connectivity index is 2.07. The SMILES string of the molecule is Cc1c(C(=O)OCC(=O)NC(N)=O)cnn1-c1ccccn1. The van der Waals surface area contributed by atoms with Crippen molar-refractivity contribution >= 4 is 17.9 Å². The lowest BCUT2D eigenvalue weighted by Gasteiger charge is -2.05. The van der Waals surface area contributed by atoms with Crippen molar-refractivity contribution < 1.29 is 19.1 Å². The van der Waals surface area contributed by atoms with Gasteiger partial charge in [0.1, 0.15) is 5.56 Å². The van der Waals surface area contributed by atoms with Gasteiger partial charge in [0, 0.05) is 6.20 Å². The molecule has 2 rings (SSSR count). The number of nitrogens with one attached hydrogen (secondary N) is 1. The van der Waals surface area contributed by atoms with Gasteiger partial charge in [-0.3, -0.25) is 10.1 Å². The number of esters is 1. The molecule has 0 bridgehead atoms. The van der Waals surface area contributed by atoms with Crippen LogP contribution in [0.5, 0.6) is 0 Å². The summed E-state index contributed by atoms with van der Waals surface area (Å²) in [4.78, 5) is 37.7. The molecule has 2 aromatic heterocycles. The van der Waals surface area contributed by atoms with Crippen molar-refractivity contribution in [3.8, 4) is 5.82 Å². The molecule has 0 aliphatic carbocycles. The maximum atomic E-state index is 11.9. The molecule has 0 atom stereocenters. The van der Waals surface area contributed by atoms with Gasteiger partial charge in [-0.05, 0) is 19.1 Å². The second-order valence-corrected chi connectivity index (χ2v) is 4.23. The number of imide groups is 1. The van der Waals surface area contributed by atoms with Gasteiger partial charge in [0.25, 0.3) is 5.91 Å². The monoisotopic (exact) mass is 303 g/mol. The Bertz CT molecular complexity index is 710. The average molecular weight is 303 g/mol. The third-order valence-electron chi connectivity index (χ3n) is 2.69. The molecule has 0 unspecified atom stereocenters. The number of nitrogens with zero attached hydrogens (tertiary/aromatic N) is 3. The lowest BCUT2D eigenvalue weighted by Crippen LogP contribution is -2.37. The van der Waals surface area contributed by atoms with Crippen molar-refractivity contribution in [1.29, 1.82) is 0 Å². The van der Waals surface area contributed by atoms with Crippen LogP contribution in [0.2, 0.25) is 0 Å². The largest absolute Gasteiger partial charge is 0.452 e. The number of rotatable bonds is 4. The normalized spacial score (nSPS) is 10.0. The zero-order valence-electron chi connectivity index (χ0n) is 11.6. The van der Waals surface area contributed by atoms with E-state index in [1.54, 1.807) is 36.6 Å². The summed E-state index contributed by atoms with van der Waals surface area (Å²) in [6.07, 6.45) is 2.92. The molecule has 2 heterocycles. The van der Waals surface area contributed by atoms with Crippen LogP contribution in [0.3, 0.4) is 0 Å². The topological polar surface area (TPSA) is 129 Å². The van der Waals surface area contributed by atoms with Crippen LogP contribution < -0.4 is 11.1 Å². The van der Waals surface area contributed by atoms with E-state index in [-0.39, 0.29) is 5.56 Å². The van der Waals surface area contributed by atoms with Crippen LogP contribution in [-0.4, -0.2) is 39.3 Å². The number of carbonyl (C=O) groups excluding carboxylic acids is 3. The minimum atomic E-state index is -1.01. The number of pyridine rings is 1. The summed E-state index contributed by atoms with van der Waals surface area (Å²) >= 11 is 0. The number of hydrogen-bond donors (Lipinski definition) is 2. The number of amides is 3. The summed E-state index contributed by atoms with van der Waals surface area (Å²) in [6, 6.07) is 4.26. The first-order valence-electron chi connectivity index (χ1n) is 6.21. The summed E-state index contributed by atoms with van der Waals surface area (Å²) in [5, 5.41) is 5.85. The zero-order chi connectivity index (χ0) is 16.1. The average Bonchev–Trinajstić information content (AvgIpc) is 2.87. The highest BCUT2D eigenvalue weighted by molar-refractivity contribution is 5.96. The standard InChI is InChI=1S/C13H13N5O4/c1-8-9(12(20)22-7-11(19)17-13(14)21)6-16-18(8)10-4-2-3-5-15-10/h2-6H,7H2,1H3,(H3,14,17,19,21). The van der Waals surface area contributed by atoms with E-state index >= 15 is 0 Å². The predicted octanol–water partition coefficient (Wildman–Crippen LogP) is -0.0726. The molecule has 9 nitrogen and oxygen atoms in total. The van der Waals surface area contributed by atoms with Gasteiger partial charge in [-0.25, -0.2) is 19.3 Å². The minimum absolute atomic E-state index is 0.192. The fourth-order valence-electron chi connectivity index (χ4n) is 1.70. The molecule has 2 aromatic rings. The fourth-order valence-corrected chi connectivity index (χ4v) is 1.70. The Kier molecular flexibility index (Phi) is 4.47. The smallest absolute Gasteiger partial charge is 0.342 e. The predicted molar refractivity (Wildman–Crippen MR) is 74.1 cm³/mol. The highest BCUT2D eigenvalue weighted by Crippen LogP contribution is 2.13. The Morgan fingerprint density at radius 2 is 2.14 bits per heavy atom. The first-order valence-corrected chi connectivity index (χ1v) is 6.21. The number of urea groups is 1. The number of hydrogen-bond acceptors (Lipinski definition) is 6. The van der Waals surface area contributed by atoms with Gasteiger partial charge in [-0.15, -0.1) is 0 Å². The number of carbonyl (C=O) groups is 3. The van der Waals surface area contributed by atoms with E-state index in [1.807, 2.05) is 0 Å². The Morgan fingerprint density at radius 1 is 1.36 bits per heavy atom. The third-order valence-corrected chi connectivity index (χ3v) is 2.69. The Hall–Kier alpha value is -3.23. The van der Waals surface area contributed by atoms with E-state index in [9.17, 15) is 14.4 Å². The first-order chi connectivity index (χ1) is 10.5. The molecule has 9 heteroatoms.